The van der Waals surface area contributed by atoms with Crippen LogP contribution in [0.2, 0.25) is 0 Å². The van der Waals surface area contributed by atoms with Crippen LogP contribution in [0.4, 0.5) is 0 Å². The zero-order valence-electron chi connectivity index (χ0n) is 40.1. The molecule has 0 aliphatic heterocycles. The highest BCUT2D eigenvalue weighted by Crippen LogP contribution is 2.45. The predicted octanol–water partition coefficient (Wildman–Crippen LogP) is 16.1. The maximum absolute atomic E-state index is 6.97. The second-order valence-electron chi connectivity index (χ2n) is 19.4. The third-order valence-corrected chi connectivity index (χ3v) is 12.3. The van der Waals surface area contributed by atoms with Gasteiger partial charge in [-0.05, 0) is 113 Å². The lowest BCUT2D eigenvalue weighted by Crippen LogP contribution is -2.10. The smallest absolute Gasteiger partial charge is 0.234 e. The largest absolute Gasteiger partial charge is 0.456 e. The van der Waals surface area contributed by atoms with Crippen molar-refractivity contribution in [2.75, 3.05) is 0 Å². The minimum Gasteiger partial charge on any atom is -0.456 e. The number of nitrogens with zero attached hydrogens (tertiary/aromatic N) is 5. The monoisotopic (exact) mass is 907 g/mol. The number of aryl methyl sites for hydroxylation is 2. The van der Waals surface area contributed by atoms with Crippen molar-refractivity contribution in [3.05, 3.63) is 199 Å². The number of aromatic nitrogens is 5. The number of benzene rings is 6. The number of ether oxygens (including phenoxy) is 4. The van der Waals surface area contributed by atoms with E-state index in [1.165, 1.54) is 11.1 Å². The van der Waals surface area contributed by atoms with Gasteiger partial charge in [-0.1, -0.05) is 102 Å². The molecule has 0 fully saturated rings. The molecular formula is C60H53N5O4. The number of pyridine rings is 2. The molecule has 10 aromatic rings. The van der Waals surface area contributed by atoms with E-state index in [-0.39, 0.29) is 10.8 Å². The van der Waals surface area contributed by atoms with Gasteiger partial charge < -0.3 is 18.9 Å². The summed E-state index contributed by atoms with van der Waals surface area (Å²) in [6.45, 7) is 17.5. The normalized spacial score (nSPS) is 11.8. The van der Waals surface area contributed by atoms with Gasteiger partial charge in [-0.2, -0.15) is 0 Å². The van der Waals surface area contributed by atoms with E-state index in [0.717, 1.165) is 55.2 Å². The molecule has 0 radical (unpaired) electrons. The molecule has 0 amide bonds. The second-order valence-corrected chi connectivity index (χ2v) is 19.4. The molecule has 0 N–H and O–H groups in total. The zero-order chi connectivity index (χ0) is 47.9. The van der Waals surface area contributed by atoms with Gasteiger partial charge in [0.15, 0.2) is 0 Å². The molecule has 69 heavy (non-hydrogen) atoms. The predicted molar refractivity (Wildman–Crippen MR) is 276 cm³/mol. The van der Waals surface area contributed by atoms with Gasteiger partial charge in [0, 0.05) is 83.1 Å². The minimum atomic E-state index is 0.0118. The Balaban J connectivity index is 1.08. The third kappa shape index (κ3) is 9.36. The molecule has 9 nitrogen and oxygen atoms in total. The summed E-state index contributed by atoms with van der Waals surface area (Å²) in [6, 6.07) is 50.7. The van der Waals surface area contributed by atoms with Gasteiger partial charge in [-0.15, -0.1) is 0 Å². The Morgan fingerprint density at radius 3 is 1.20 bits per heavy atom. The summed E-state index contributed by atoms with van der Waals surface area (Å²) < 4.78 is 28.6. The molecule has 10 rings (SSSR count). The van der Waals surface area contributed by atoms with Crippen molar-refractivity contribution < 1.29 is 18.9 Å². The summed E-state index contributed by atoms with van der Waals surface area (Å²) >= 11 is 0. The fourth-order valence-electron chi connectivity index (χ4n) is 8.78. The van der Waals surface area contributed by atoms with Crippen molar-refractivity contribution in [1.29, 1.82) is 0 Å². The van der Waals surface area contributed by atoms with Crippen molar-refractivity contribution in [2.45, 2.75) is 66.2 Å². The van der Waals surface area contributed by atoms with E-state index in [0.29, 0.717) is 52.2 Å². The van der Waals surface area contributed by atoms with Crippen LogP contribution < -0.4 is 18.9 Å². The molecule has 0 spiro atoms. The highest BCUT2D eigenvalue weighted by molar-refractivity contribution is 6.09. The van der Waals surface area contributed by atoms with E-state index in [9.17, 15) is 0 Å². The molecule has 6 aromatic carbocycles. The standard InChI is InChI=1S/C60H53N5O4/c1-38-32-46(68-54-14-9-11-28-61-54)36-52(56(38)40-16-20-42(21-17-40)59(3,4)5)66-44-24-26-48-49-27-25-45(35-51(49)65(50(48)34-44)58-63-30-13-31-64-58)67-53-37-47(69-55-15-10-12-29-62-55)33-39(2)57(53)41-18-22-43(23-19-41)60(6,7)8/h9-37H,1-8H3. The highest BCUT2D eigenvalue weighted by Gasteiger charge is 2.22. The quantitative estimate of drug-likeness (QED) is 0.127. The second kappa shape index (κ2) is 18.1. The number of rotatable bonds is 11. The van der Waals surface area contributed by atoms with E-state index >= 15 is 0 Å². The van der Waals surface area contributed by atoms with Gasteiger partial charge >= 0.3 is 0 Å². The molecule has 0 aliphatic rings. The summed E-state index contributed by atoms with van der Waals surface area (Å²) in [6.07, 6.45) is 6.93. The van der Waals surface area contributed by atoms with Crippen LogP contribution in [-0.4, -0.2) is 24.5 Å². The first-order valence-electron chi connectivity index (χ1n) is 23.2. The van der Waals surface area contributed by atoms with Crippen molar-refractivity contribution in [3.8, 4) is 74.5 Å². The van der Waals surface area contributed by atoms with Crippen LogP contribution in [0.5, 0.6) is 46.3 Å². The molecule has 0 atom stereocenters. The Morgan fingerprint density at radius 1 is 0.391 bits per heavy atom. The summed E-state index contributed by atoms with van der Waals surface area (Å²) in [5.74, 6) is 5.28. The van der Waals surface area contributed by atoms with Gasteiger partial charge in [0.1, 0.15) is 34.5 Å². The summed E-state index contributed by atoms with van der Waals surface area (Å²) in [4.78, 5) is 18.3. The zero-order valence-corrected chi connectivity index (χ0v) is 40.1. The van der Waals surface area contributed by atoms with Crippen LogP contribution in [0.3, 0.4) is 0 Å². The van der Waals surface area contributed by atoms with E-state index in [2.05, 4.69) is 131 Å². The Hall–Kier alpha value is -8.30. The molecular weight excluding hydrogens is 855 g/mol. The summed E-state index contributed by atoms with van der Waals surface area (Å²) in [7, 11) is 0. The van der Waals surface area contributed by atoms with Crippen LogP contribution in [0.25, 0.3) is 50.0 Å². The van der Waals surface area contributed by atoms with E-state index in [4.69, 9.17) is 28.9 Å². The number of hydrogen-bond acceptors (Lipinski definition) is 8. The van der Waals surface area contributed by atoms with Crippen LogP contribution in [0, 0.1) is 13.8 Å². The third-order valence-electron chi connectivity index (χ3n) is 12.3. The topological polar surface area (TPSA) is 93.4 Å². The van der Waals surface area contributed by atoms with E-state index < -0.39 is 0 Å². The molecule has 4 aromatic heterocycles. The van der Waals surface area contributed by atoms with Gasteiger partial charge in [0.05, 0.1) is 11.0 Å². The lowest BCUT2D eigenvalue weighted by Gasteiger charge is -2.20. The fraction of sp³-hybridized carbons (Fsp3) is 0.167. The Kier molecular flexibility index (Phi) is 11.7. The van der Waals surface area contributed by atoms with E-state index in [1.807, 2.05) is 91.0 Å². The molecule has 9 heteroatoms. The molecule has 4 heterocycles. The van der Waals surface area contributed by atoms with Gasteiger partial charge in [-0.3, -0.25) is 4.57 Å². The lowest BCUT2D eigenvalue weighted by atomic mass is 9.86. The van der Waals surface area contributed by atoms with Crippen LogP contribution in [0.1, 0.15) is 63.8 Å². The Labute approximate surface area is 403 Å². The number of hydrogen-bond donors (Lipinski definition) is 0. The highest BCUT2D eigenvalue weighted by atomic mass is 16.5. The van der Waals surface area contributed by atoms with Gasteiger partial charge in [-0.25, -0.2) is 19.9 Å². The first kappa shape index (κ1) is 44.5. The fourth-order valence-corrected chi connectivity index (χ4v) is 8.78. The first-order chi connectivity index (χ1) is 33.2. The summed E-state index contributed by atoms with van der Waals surface area (Å²) in [5, 5.41) is 2.00. The van der Waals surface area contributed by atoms with Crippen molar-refractivity contribution in [2.24, 2.45) is 0 Å². The lowest BCUT2D eigenvalue weighted by molar-refractivity contribution is 0.449. The van der Waals surface area contributed by atoms with Gasteiger partial charge in [0.25, 0.3) is 0 Å². The van der Waals surface area contributed by atoms with Crippen molar-refractivity contribution >= 4 is 21.8 Å². The molecule has 0 unspecified atom stereocenters. The molecule has 0 saturated carbocycles. The van der Waals surface area contributed by atoms with Crippen molar-refractivity contribution in [1.82, 2.24) is 24.5 Å². The van der Waals surface area contributed by atoms with Crippen LogP contribution >= 0.6 is 0 Å². The maximum Gasteiger partial charge on any atom is 0.234 e. The molecule has 342 valence electrons. The number of fused-ring (bicyclic) bond motifs is 3. The molecule has 0 saturated heterocycles. The van der Waals surface area contributed by atoms with Gasteiger partial charge in [0.2, 0.25) is 17.7 Å². The maximum atomic E-state index is 6.97. The molecule has 0 aliphatic carbocycles. The Morgan fingerprint density at radius 2 is 0.812 bits per heavy atom. The molecule has 0 bridgehead atoms. The minimum absolute atomic E-state index is 0.0118. The SMILES string of the molecule is Cc1cc(Oc2ccccn2)cc(Oc2ccc3c4ccc(Oc5cc(Oc6ccccn6)cc(C)c5-c5ccc(C(C)(C)C)cc5)cc4n(-c4ncccn4)c3c2)c1-c1ccc(C(C)(C)C)cc1. The van der Waals surface area contributed by atoms with Crippen molar-refractivity contribution in [3.63, 3.8) is 0 Å². The Bertz CT molecular complexity index is 3240. The average molecular weight is 908 g/mol. The average Bonchev–Trinajstić information content (AvgIpc) is 3.64. The van der Waals surface area contributed by atoms with Crippen LogP contribution in [-0.2, 0) is 10.8 Å². The summed E-state index contributed by atoms with van der Waals surface area (Å²) in [5.41, 5.74) is 10.2. The van der Waals surface area contributed by atoms with E-state index in [1.54, 1.807) is 24.8 Å². The first-order valence-corrected chi connectivity index (χ1v) is 23.2. The van der Waals surface area contributed by atoms with Crippen LogP contribution in [0.15, 0.2) is 176 Å².